The molecular weight excluding hydrogens is 256 g/mol. The molecular formula is C15H20N2OS. The van der Waals surface area contributed by atoms with E-state index in [4.69, 9.17) is 10.5 Å². The minimum absolute atomic E-state index is 0.159. The van der Waals surface area contributed by atoms with Crippen molar-refractivity contribution in [2.24, 2.45) is 5.73 Å². The first kappa shape index (κ1) is 14.0. The zero-order chi connectivity index (χ0) is 13.8. The van der Waals surface area contributed by atoms with Gasteiger partial charge in [-0.25, -0.2) is 4.98 Å². The van der Waals surface area contributed by atoms with Gasteiger partial charge in [0.1, 0.15) is 10.8 Å². The van der Waals surface area contributed by atoms with E-state index in [9.17, 15) is 0 Å². The molecule has 0 saturated heterocycles. The summed E-state index contributed by atoms with van der Waals surface area (Å²) in [6.07, 6.45) is 0. The molecule has 1 unspecified atom stereocenters. The Morgan fingerprint density at radius 2 is 1.95 bits per heavy atom. The number of ether oxygens (including phenoxy) is 1. The fourth-order valence-electron chi connectivity index (χ4n) is 1.79. The van der Waals surface area contributed by atoms with E-state index in [-0.39, 0.29) is 6.04 Å². The Labute approximate surface area is 118 Å². The van der Waals surface area contributed by atoms with Gasteiger partial charge in [-0.15, -0.1) is 11.3 Å². The first-order valence-electron chi connectivity index (χ1n) is 6.55. The van der Waals surface area contributed by atoms with Gasteiger partial charge >= 0.3 is 0 Å². The van der Waals surface area contributed by atoms with Crippen LogP contribution < -0.4 is 10.5 Å². The van der Waals surface area contributed by atoms with Crippen LogP contribution in [0, 0.1) is 0 Å². The number of thiazole rings is 1. The average Bonchev–Trinajstić information content (AvgIpc) is 2.89. The molecule has 0 aliphatic rings. The van der Waals surface area contributed by atoms with Crippen molar-refractivity contribution < 1.29 is 4.74 Å². The topological polar surface area (TPSA) is 48.1 Å². The fourth-order valence-corrected chi connectivity index (χ4v) is 2.80. The molecule has 2 rings (SSSR count). The highest BCUT2D eigenvalue weighted by molar-refractivity contribution is 7.09. The van der Waals surface area contributed by atoms with Crippen LogP contribution in [-0.4, -0.2) is 11.6 Å². The molecule has 0 aliphatic heterocycles. The summed E-state index contributed by atoms with van der Waals surface area (Å²) in [5.41, 5.74) is 8.44. The Hall–Kier alpha value is -1.39. The first-order chi connectivity index (χ1) is 9.11. The van der Waals surface area contributed by atoms with Crippen LogP contribution in [0.15, 0.2) is 29.6 Å². The zero-order valence-corrected chi connectivity index (χ0v) is 12.4. The van der Waals surface area contributed by atoms with Crippen LogP contribution in [0.3, 0.4) is 0 Å². The molecule has 0 amide bonds. The molecule has 2 aromatic rings. The Balaban J connectivity index is 2.15. The van der Waals surface area contributed by atoms with E-state index in [0.29, 0.717) is 12.5 Å². The van der Waals surface area contributed by atoms with Crippen LogP contribution in [0.4, 0.5) is 0 Å². The van der Waals surface area contributed by atoms with Gasteiger partial charge in [-0.2, -0.15) is 0 Å². The maximum atomic E-state index is 6.26. The predicted octanol–water partition coefficient (Wildman–Crippen LogP) is 3.71. The van der Waals surface area contributed by atoms with E-state index in [1.165, 1.54) is 0 Å². The number of hydrogen-bond acceptors (Lipinski definition) is 4. The number of rotatable bonds is 5. The highest BCUT2D eigenvalue weighted by Gasteiger charge is 2.14. The molecule has 19 heavy (non-hydrogen) atoms. The molecule has 1 heterocycles. The van der Waals surface area contributed by atoms with Gasteiger partial charge in [0, 0.05) is 5.38 Å². The molecule has 0 radical (unpaired) electrons. The van der Waals surface area contributed by atoms with Crippen molar-refractivity contribution in [2.75, 3.05) is 6.61 Å². The lowest BCUT2D eigenvalue weighted by Crippen LogP contribution is -2.11. The van der Waals surface area contributed by atoms with Gasteiger partial charge in [-0.05, 0) is 30.5 Å². The largest absolute Gasteiger partial charge is 0.494 e. The summed E-state index contributed by atoms with van der Waals surface area (Å²) in [5.74, 6) is 1.32. The Bertz CT molecular complexity index is 519. The molecule has 2 N–H and O–H groups in total. The lowest BCUT2D eigenvalue weighted by Gasteiger charge is -2.10. The number of benzene rings is 1. The van der Waals surface area contributed by atoms with Crippen LogP contribution in [0.2, 0.25) is 0 Å². The Morgan fingerprint density at radius 1 is 1.26 bits per heavy atom. The van der Waals surface area contributed by atoms with E-state index in [1.54, 1.807) is 11.3 Å². The maximum absolute atomic E-state index is 6.26. The van der Waals surface area contributed by atoms with Crippen molar-refractivity contribution >= 4 is 11.3 Å². The maximum Gasteiger partial charge on any atom is 0.119 e. The fraction of sp³-hybridized carbons (Fsp3) is 0.400. The van der Waals surface area contributed by atoms with E-state index in [1.807, 2.05) is 31.2 Å². The lowest BCUT2D eigenvalue weighted by atomic mass is 10.1. The molecule has 4 heteroatoms. The van der Waals surface area contributed by atoms with E-state index < -0.39 is 0 Å². The van der Waals surface area contributed by atoms with Crippen LogP contribution in [0.25, 0.3) is 0 Å². The minimum Gasteiger partial charge on any atom is -0.494 e. The van der Waals surface area contributed by atoms with Gasteiger partial charge in [-0.1, -0.05) is 26.0 Å². The summed E-state index contributed by atoms with van der Waals surface area (Å²) in [6.45, 7) is 6.93. The molecule has 0 saturated carbocycles. The van der Waals surface area contributed by atoms with E-state index in [2.05, 4.69) is 24.2 Å². The summed E-state index contributed by atoms with van der Waals surface area (Å²) in [4.78, 5) is 4.61. The number of nitrogens with zero attached hydrogens (tertiary/aromatic N) is 1. The average molecular weight is 276 g/mol. The van der Waals surface area contributed by atoms with Crippen molar-refractivity contribution in [3.63, 3.8) is 0 Å². The molecule has 0 spiro atoms. The van der Waals surface area contributed by atoms with Gasteiger partial charge in [0.05, 0.1) is 18.3 Å². The monoisotopic (exact) mass is 276 g/mol. The third kappa shape index (κ3) is 3.33. The third-order valence-electron chi connectivity index (χ3n) is 2.95. The Kier molecular flexibility index (Phi) is 4.56. The SMILES string of the molecule is CCOc1ccc(C(N)c2nc(C(C)C)cs2)cc1. The molecule has 0 fully saturated rings. The zero-order valence-electron chi connectivity index (χ0n) is 11.6. The summed E-state index contributed by atoms with van der Waals surface area (Å²) in [6, 6.07) is 7.76. The van der Waals surface area contributed by atoms with Crippen LogP contribution in [0.5, 0.6) is 5.75 Å². The molecule has 1 aromatic heterocycles. The quantitative estimate of drug-likeness (QED) is 0.905. The second-order valence-corrected chi connectivity index (χ2v) is 5.63. The first-order valence-corrected chi connectivity index (χ1v) is 7.43. The predicted molar refractivity (Wildman–Crippen MR) is 79.8 cm³/mol. The van der Waals surface area contributed by atoms with Gasteiger partial charge in [0.15, 0.2) is 0 Å². The lowest BCUT2D eigenvalue weighted by molar-refractivity contribution is 0.340. The highest BCUT2D eigenvalue weighted by atomic mass is 32.1. The van der Waals surface area contributed by atoms with Gasteiger partial charge < -0.3 is 10.5 Å². The highest BCUT2D eigenvalue weighted by Crippen LogP contribution is 2.26. The van der Waals surface area contributed by atoms with Crippen molar-refractivity contribution in [3.8, 4) is 5.75 Å². The molecule has 0 aliphatic carbocycles. The van der Waals surface area contributed by atoms with Gasteiger partial charge in [0.2, 0.25) is 0 Å². The van der Waals surface area contributed by atoms with Crippen LogP contribution in [-0.2, 0) is 0 Å². The number of hydrogen-bond donors (Lipinski definition) is 1. The molecule has 102 valence electrons. The van der Waals surface area contributed by atoms with Crippen molar-refractivity contribution in [2.45, 2.75) is 32.7 Å². The van der Waals surface area contributed by atoms with Crippen LogP contribution >= 0.6 is 11.3 Å². The summed E-state index contributed by atoms with van der Waals surface area (Å²) in [7, 11) is 0. The smallest absolute Gasteiger partial charge is 0.119 e. The molecule has 0 bridgehead atoms. The normalized spacial score (nSPS) is 12.7. The van der Waals surface area contributed by atoms with Crippen molar-refractivity contribution in [1.29, 1.82) is 0 Å². The third-order valence-corrected chi connectivity index (χ3v) is 3.89. The van der Waals surface area contributed by atoms with Crippen molar-refractivity contribution in [1.82, 2.24) is 4.98 Å². The van der Waals surface area contributed by atoms with Crippen LogP contribution in [0.1, 0.15) is 49.0 Å². The van der Waals surface area contributed by atoms with E-state index in [0.717, 1.165) is 22.0 Å². The second-order valence-electron chi connectivity index (χ2n) is 4.75. The minimum atomic E-state index is -0.159. The van der Waals surface area contributed by atoms with Gasteiger partial charge in [0.25, 0.3) is 0 Å². The number of aromatic nitrogens is 1. The molecule has 3 nitrogen and oxygen atoms in total. The summed E-state index contributed by atoms with van der Waals surface area (Å²) >= 11 is 1.63. The number of nitrogens with two attached hydrogens (primary N) is 1. The van der Waals surface area contributed by atoms with Crippen molar-refractivity contribution in [3.05, 3.63) is 45.9 Å². The summed E-state index contributed by atoms with van der Waals surface area (Å²) < 4.78 is 5.43. The summed E-state index contributed by atoms with van der Waals surface area (Å²) in [5, 5.41) is 3.06. The molecule has 1 atom stereocenters. The van der Waals surface area contributed by atoms with E-state index >= 15 is 0 Å². The standard InChI is InChI=1S/C15H20N2OS/c1-4-18-12-7-5-11(6-8-12)14(16)15-17-13(9-19-15)10(2)3/h5-10,14H,4,16H2,1-3H3. The molecule has 1 aromatic carbocycles. The second kappa shape index (κ2) is 6.17. The Morgan fingerprint density at radius 3 is 2.47 bits per heavy atom. The van der Waals surface area contributed by atoms with Gasteiger partial charge in [-0.3, -0.25) is 0 Å².